The summed E-state index contributed by atoms with van der Waals surface area (Å²) in [6.45, 7) is 2.93. The number of amides is 1. The Morgan fingerprint density at radius 3 is 2.06 bits per heavy atom. The van der Waals surface area contributed by atoms with Crippen molar-refractivity contribution in [3.05, 3.63) is 95.1 Å². The number of aromatic nitrogens is 3. The number of piperazine rings is 2. The van der Waals surface area contributed by atoms with Crippen molar-refractivity contribution >= 4 is 5.91 Å². The van der Waals surface area contributed by atoms with Crippen LogP contribution in [0.25, 0.3) is 0 Å². The molecule has 6 rings (SSSR count). The summed E-state index contributed by atoms with van der Waals surface area (Å²) in [5.41, 5.74) is 2.82. The van der Waals surface area contributed by atoms with Gasteiger partial charge in [-0.1, -0.05) is 60.7 Å². The zero-order valence-corrected chi connectivity index (χ0v) is 30.1. The molecule has 2 aromatic heterocycles. The molecule has 2 saturated heterocycles. The number of pyridine rings is 1. The van der Waals surface area contributed by atoms with Gasteiger partial charge in [0.15, 0.2) is 6.61 Å². The summed E-state index contributed by atoms with van der Waals surface area (Å²) in [5.74, 6) is -0.00965. The van der Waals surface area contributed by atoms with Crippen LogP contribution in [0.15, 0.2) is 72.8 Å². The Kier molecular flexibility index (Phi) is 11.8. The van der Waals surface area contributed by atoms with E-state index in [1.165, 1.54) is 21.3 Å². The van der Waals surface area contributed by atoms with Gasteiger partial charge in [0, 0.05) is 63.3 Å². The van der Waals surface area contributed by atoms with Crippen LogP contribution in [-0.2, 0) is 6.54 Å². The van der Waals surface area contributed by atoms with Gasteiger partial charge in [0.2, 0.25) is 23.5 Å². The van der Waals surface area contributed by atoms with Gasteiger partial charge in [-0.05, 0) is 24.1 Å². The van der Waals surface area contributed by atoms with Crippen molar-refractivity contribution < 1.29 is 41.7 Å². The quantitative estimate of drug-likeness (QED) is 0.183. The number of alkyl halides is 3. The molecule has 282 valence electrons. The molecule has 2 aliphatic heterocycles. The lowest BCUT2D eigenvalue weighted by Crippen LogP contribution is -2.67. The molecule has 0 bridgehead atoms. The van der Waals surface area contributed by atoms with E-state index in [0.717, 1.165) is 11.1 Å². The summed E-state index contributed by atoms with van der Waals surface area (Å²) in [6.07, 6.45) is -4.60. The maximum absolute atomic E-state index is 14.0. The third kappa shape index (κ3) is 8.74. The van der Waals surface area contributed by atoms with Gasteiger partial charge >= 0.3 is 12.2 Å². The predicted octanol–water partition coefficient (Wildman–Crippen LogP) is 5.08. The summed E-state index contributed by atoms with van der Waals surface area (Å²) in [4.78, 5) is 33.3. The number of fused-ring (bicyclic) bond motifs is 1. The van der Waals surface area contributed by atoms with Gasteiger partial charge < -0.3 is 28.6 Å². The van der Waals surface area contributed by atoms with Crippen LogP contribution < -0.4 is 23.7 Å². The number of rotatable bonds is 13. The first kappa shape index (κ1) is 37.6. The van der Waals surface area contributed by atoms with E-state index >= 15 is 0 Å². The van der Waals surface area contributed by atoms with E-state index in [1.54, 1.807) is 24.0 Å². The Balaban J connectivity index is 1.38. The summed E-state index contributed by atoms with van der Waals surface area (Å²) in [7, 11) is 4.34. The molecular formula is C38H43F3N6O6. The molecule has 53 heavy (non-hydrogen) atoms. The number of carbonyl (C=O) groups excluding carboxylic acids is 1. The minimum Gasteiger partial charge on any atom is -0.481 e. The third-order valence-corrected chi connectivity index (χ3v) is 9.46. The number of carbonyl (C=O) groups is 1. The van der Waals surface area contributed by atoms with Gasteiger partial charge in [0.25, 0.3) is 5.91 Å². The molecule has 2 fully saturated rings. The molecule has 0 aliphatic carbocycles. The standard InChI is InChI=1S/C38H43F3N6O6/c1-5-52-37-43-34(51-4)29(35(44-37)53-24-38(39,40)41)22-45-20-27-21-46(36(48)28-16-17-31(49-2)42-33(28)50-3)18-19-47(27)30(23-45)32(25-12-8-6-9-13-25)26-14-10-7-11-15-26/h6-17,27,30,32H,5,18-24H2,1-4H3. The number of hydrogen-bond acceptors (Lipinski definition) is 11. The first-order chi connectivity index (χ1) is 25.6. The molecule has 0 N–H and O–H groups in total. The number of benzene rings is 2. The zero-order chi connectivity index (χ0) is 37.5. The summed E-state index contributed by atoms with van der Waals surface area (Å²) >= 11 is 0. The van der Waals surface area contributed by atoms with Crippen LogP contribution in [-0.4, -0.2) is 121 Å². The van der Waals surface area contributed by atoms with E-state index in [0.29, 0.717) is 44.2 Å². The average molecular weight is 737 g/mol. The molecule has 0 radical (unpaired) electrons. The van der Waals surface area contributed by atoms with Crippen molar-refractivity contribution in [2.75, 3.05) is 67.3 Å². The molecule has 2 atom stereocenters. The lowest BCUT2D eigenvalue weighted by Gasteiger charge is -2.53. The van der Waals surface area contributed by atoms with Crippen molar-refractivity contribution in [2.24, 2.45) is 0 Å². The molecule has 4 aromatic rings. The largest absolute Gasteiger partial charge is 0.481 e. The predicted molar refractivity (Wildman–Crippen MR) is 189 cm³/mol. The molecule has 4 heterocycles. The van der Waals surface area contributed by atoms with Crippen molar-refractivity contribution in [3.63, 3.8) is 0 Å². The first-order valence-electron chi connectivity index (χ1n) is 17.4. The monoisotopic (exact) mass is 736 g/mol. The fourth-order valence-electron chi connectivity index (χ4n) is 7.22. The Hall–Kier alpha value is -5.15. The Morgan fingerprint density at radius 2 is 1.45 bits per heavy atom. The molecule has 15 heteroatoms. The lowest BCUT2D eigenvalue weighted by atomic mass is 9.81. The van der Waals surface area contributed by atoms with Gasteiger partial charge in [-0.3, -0.25) is 14.6 Å². The number of ether oxygens (including phenoxy) is 5. The van der Waals surface area contributed by atoms with E-state index in [9.17, 15) is 18.0 Å². The molecule has 1 amide bonds. The van der Waals surface area contributed by atoms with Gasteiger partial charge in [-0.2, -0.15) is 28.1 Å². The highest BCUT2D eigenvalue weighted by molar-refractivity contribution is 5.96. The highest BCUT2D eigenvalue weighted by atomic mass is 19.4. The number of methoxy groups -OCH3 is 3. The normalized spacial score (nSPS) is 18.0. The second kappa shape index (κ2) is 16.7. The fourth-order valence-corrected chi connectivity index (χ4v) is 7.22. The maximum atomic E-state index is 14.0. The van der Waals surface area contributed by atoms with Crippen LogP contribution in [0.2, 0.25) is 0 Å². The first-order valence-corrected chi connectivity index (χ1v) is 17.4. The van der Waals surface area contributed by atoms with Gasteiger partial charge in [-0.15, -0.1) is 0 Å². The highest BCUT2D eigenvalue weighted by Gasteiger charge is 2.44. The topological polar surface area (TPSA) is 112 Å². The molecule has 12 nitrogen and oxygen atoms in total. The second-order valence-electron chi connectivity index (χ2n) is 12.7. The van der Waals surface area contributed by atoms with Crippen LogP contribution in [0.1, 0.15) is 39.9 Å². The lowest BCUT2D eigenvalue weighted by molar-refractivity contribution is -0.154. The number of halogens is 3. The van der Waals surface area contributed by atoms with Crippen LogP contribution in [0.3, 0.4) is 0 Å². The third-order valence-electron chi connectivity index (χ3n) is 9.46. The van der Waals surface area contributed by atoms with Crippen molar-refractivity contribution in [1.82, 2.24) is 29.7 Å². The van der Waals surface area contributed by atoms with E-state index < -0.39 is 12.8 Å². The van der Waals surface area contributed by atoms with Gasteiger partial charge in [0.1, 0.15) is 5.56 Å². The second-order valence-corrected chi connectivity index (χ2v) is 12.7. The summed E-state index contributed by atoms with van der Waals surface area (Å²) < 4.78 is 67.3. The number of nitrogens with zero attached hydrogens (tertiary/aromatic N) is 6. The molecular weight excluding hydrogens is 693 g/mol. The average Bonchev–Trinajstić information content (AvgIpc) is 3.17. The van der Waals surface area contributed by atoms with Crippen LogP contribution >= 0.6 is 0 Å². The number of hydrogen-bond donors (Lipinski definition) is 0. The maximum Gasteiger partial charge on any atom is 0.422 e. The Bertz CT molecular complexity index is 1800. The van der Waals surface area contributed by atoms with E-state index in [-0.39, 0.29) is 66.3 Å². The minimum absolute atomic E-state index is 0.0572. The fraction of sp³-hybridized carbons (Fsp3) is 0.421. The Labute approximate surface area is 306 Å². The summed E-state index contributed by atoms with van der Waals surface area (Å²) in [6, 6.07) is 23.3. The van der Waals surface area contributed by atoms with Gasteiger partial charge in [-0.25, -0.2) is 0 Å². The van der Waals surface area contributed by atoms with E-state index in [1.807, 2.05) is 36.4 Å². The molecule has 0 spiro atoms. The zero-order valence-electron chi connectivity index (χ0n) is 30.1. The molecule has 0 saturated carbocycles. The molecule has 2 unspecified atom stereocenters. The smallest absolute Gasteiger partial charge is 0.422 e. The Morgan fingerprint density at radius 1 is 0.792 bits per heavy atom. The van der Waals surface area contributed by atoms with Crippen LogP contribution in [0.5, 0.6) is 29.5 Å². The summed E-state index contributed by atoms with van der Waals surface area (Å²) in [5, 5.41) is 0. The van der Waals surface area contributed by atoms with Crippen LogP contribution in [0, 0.1) is 0 Å². The van der Waals surface area contributed by atoms with Crippen molar-refractivity contribution in [3.8, 4) is 29.5 Å². The van der Waals surface area contributed by atoms with E-state index in [4.69, 9.17) is 23.7 Å². The SMILES string of the molecule is CCOc1nc(OC)c(CN2CC3CN(C(=O)c4ccc(OC)nc4OC)CCN3C(C(c3ccccc3)c3ccccc3)C2)c(OCC(F)(F)F)n1. The van der Waals surface area contributed by atoms with Crippen molar-refractivity contribution in [1.29, 1.82) is 0 Å². The van der Waals surface area contributed by atoms with E-state index in [2.05, 4.69) is 49.0 Å². The van der Waals surface area contributed by atoms with Crippen LogP contribution in [0.4, 0.5) is 13.2 Å². The minimum atomic E-state index is -4.60. The molecule has 2 aliphatic rings. The van der Waals surface area contributed by atoms with Crippen molar-refractivity contribution in [2.45, 2.75) is 37.6 Å². The molecule has 2 aromatic carbocycles. The van der Waals surface area contributed by atoms with Gasteiger partial charge in [0.05, 0.1) is 33.5 Å². The highest BCUT2D eigenvalue weighted by Crippen LogP contribution is 2.38.